The third kappa shape index (κ3) is 4.57. The molecule has 3 heteroatoms. The minimum Gasteiger partial charge on any atom is -0.325 e. The lowest BCUT2D eigenvalue weighted by molar-refractivity contribution is -0.118. The van der Waals surface area contributed by atoms with Crippen molar-refractivity contribution in [1.29, 1.82) is 0 Å². The zero-order valence-electron chi connectivity index (χ0n) is 14.4. The van der Waals surface area contributed by atoms with Crippen molar-refractivity contribution in [2.45, 2.75) is 71.4 Å². The monoisotopic (exact) mass is 302 g/mol. The first-order valence-electron chi connectivity index (χ1n) is 8.63. The van der Waals surface area contributed by atoms with Crippen LogP contribution in [-0.4, -0.2) is 29.4 Å². The number of anilines is 1. The lowest BCUT2D eigenvalue weighted by Gasteiger charge is -2.31. The Kier molecular flexibility index (Phi) is 6.01. The van der Waals surface area contributed by atoms with E-state index in [1.807, 2.05) is 12.1 Å². The van der Waals surface area contributed by atoms with E-state index in [1.54, 1.807) is 0 Å². The van der Waals surface area contributed by atoms with E-state index >= 15 is 0 Å². The number of nitrogens with one attached hydrogen (secondary N) is 1. The number of hydrogen-bond donors (Lipinski definition) is 1. The second-order valence-corrected chi connectivity index (χ2v) is 7.03. The molecule has 0 atom stereocenters. The van der Waals surface area contributed by atoms with E-state index in [4.69, 9.17) is 0 Å². The molecule has 0 spiro atoms. The maximum absolute atomic E-state index is 12.4. The minimum absolute atomic E-state index is 0.0953. The lowest BCUT2D eigenvalue weighted by atomic mass is 10.0. The van der Waals surface area contributed by atoms with Gasteiger partial charge >= 0.3 is 0 Å². The average Bonchev–Trinajstić information content (AvgIpc) is 2.99. The molecule has 1 saturated carbocycles. The highest BCUT2D eigenvalue weighted by molar-refractivity contribution is 5.92. The Balaban J connectivity index is 1.92. The smallest absolute Gasteiger partial charge is 0.238 e. The third-order valence-corrected chi connectivity index (χ3v) is 4.64. The fourth-order valence-electron chi connectivity index (χ4n) is 3.29. The molecule has 0 heterocycles. The number of hydrogen-bond acceptors (Lipinski definition) is 2. The van der Waals surface area contributed by atoms with Gasteiger partial charge in [-0.05, 0) is 50.3 Å². The van der Waals surface area contributed by atoms with E-state index in [0.29, 0.717) is 24.5 Å². The summed E-state index contributed by atoms with van der Waals surface area (Å²) in [5.41, 5.74) is 2.19. The first-order valence-corrected chi connectivity index (χ1v) is 8.63. The van der Waals surface area contributed by atoms with Gasteiger partial charge in [0.05, 0.1) is 6.54 Å². The Hall–Kier alpha value is -1.35. The molecule has 1 aliphatic carbocycles. The molecule has 1 amide bonds. The highest BCUT2D eigenvalue weighted by atomic mass is 16.2. The van der Waals surface area contributed by atoms with Crippen molar-refractivity contribution in [2.75, 3.05) is 11.9 Å². The van der Waals surface area contributed by atoms with E-state index in [2.05, 4.69) is 50.0 Å². The van der Waals surface area contributed by atoms with E-state index in [-0.39, 0.29) is 5.91 Å². The largest absolute Gasteiger partial charge is 0.325 e. The number of rotatable bonds is 6. The molecule has 1 aliphatic rings. The van der Waals surface area contributed by atoms with E-state index < -0.39 is 0 Å². The first kappa shape index (κ1) is 17.0. The van der Waals surface area contributed by atoms with E-state index in [1.165, 1.54) is 31.2 Å². The maximum atomic E-state index is 12.4. The molecule has 3 nitrogen and oxygen atoms in total. The normalized spacial score (nSPS) is 16.0. The summed E-state index contributed by atoms with van der Waals surface area (Å²) < 4.78 is 0. The zero-order chi connectivity index (χ0) is 16.1. The van der Waals surface area contributed by atoms with Crippen LogP contribution in [0.5, 0.6) is 0 Å². The second-order valence-electron chi connectivity index (χ2n) is 7.03. The predicted octanol–water partition coefficient (Wildman–Crippen LogP) is 4.40. The van der Waals surface area contributed by atoms with Crippen molar-refractivity contribution in [1.82, 2.24) is 4.90 Å². The highest BCUT2D eigenvalue weighted by Crippen LogP contribution is 2.25. The summed E-state index contributed by atoms with van der Waals surface area (Å²) in [6.07, 6.45) is 5.06. The number of nitrogens with zero attached hydrogens (tertiary/aromatic N) is 1. The molecule has 1 aromatic carbocycles. The predicted molar refractivity (Wildman–Crippen MR) is 93.3 cm³/mol. The maximum Gasteiger partial charge on any atom is 0.238 e. The molecular formula is C19H30N2O. The van der Waals surface area contributed by atoms with Crippen LogP contribution < -0.4 is 5.32 Å². The van der Waals surface area contributed by atoms with Gasteiger partial charge in [-0.2, -0.15) is 0 Å². The Morgan fingerprint density at radius 2 is 1.73 bits per heavy atom. The van der Waals surface area contributed by atoms with Gasteiger partial charge in [0.25, 0.3) is 0 Å². The molecule has 0 aliphatic heterocycles. The molecule has 22 heavy (non-hydrogen) atoms. The Morgan fingerprint density at radius 1 is 1.14 bits per heavy atom. The molecule has 0 saturated heterocycles. The van der Waals surface area contributed by atoms with Gasteiger partial charge in [-0.3, -0.25) is 9.69 Å². The highest BCUT2D eigenvalue weighted by Gasteiger charge is 2.26. The van der Waals surface area contributed by atoms with Crippen molar-refractivity contribution in [3.05, 3.63) is 29.8 Å². The van der Waals surface area contributed by atoms with Crippen LogP contribution in [0.1, 0.15) is 64.9 Å². The van der Waals surface area contributed by atoms with Crippen LogP contribution in [0.2, 0.25) is 0 Å². The van der Waals surface area contributed by atoms with E-state index in [0.717, 1.165) is 5.69 Å². The van der Waals surface area contributed by atoms with Gasteiger partial charge in [-0.15, -0.1) is 0 Å². The van der Waals surface area contributed by atoms with Crippen LogP contribution in [0.3, 0.4) is 0 Å². The van der Waals surface area contributed by atoms with Gasteiger partial charge in [0.2, 0.25) is 5.91 Å². The Bertz CT molecular complexity index is 473. The summed E-state index contributed by atoms with van der Waals surface area (Å²) >= 11 is 0. The lowest BCUT2D eigenvalue weighted by Crippen LogP contribution is -2.43. The summed E-state index contributed by atoms with van der Waals surface area (Å²) in [7, 11) is 0. The topological polar surface area (TPSA) is 32.3 Å². The van der Waals surface area contributed by atoms with Gasteiger partial charge in [0, 0.05) is 17.8 Å². The molecule has 1 fully saturated rings. The number of amides is 1. The molecular weight excluding hydrogens is 272 g/mol. The molecule has 1 aromatic rings. The number of carbonyl (C=O) groups excluding carboxylic acids is 1. The Labute approximate surface area is 135 Å². The summed E-state index contributed by atoms with van der Waals surface area (Å²) in [4.78, 5) is 14.7. The molecule has 1 N–H and O–H groups in total. The van der Waals surface area contributed by atoms with Crippen molar-refractivity contribution in [2.24, 2.45) is 0 Å². The molecule has 2 rings (SSSR count). The summed E-state index contributed by atoms with van der Waals surface area (Å²) in [5.74, 6) is 0.612. The van der Waals surface area contributed by atoms with Crippen LogP contribution in [0.4, 0.5) is 5.69 Å². The van der Waals surface area contributed by atoms with Crippen LogP contribution in [0, 0.1) is 0 Å². The average molecular weight is 302 g/mol. The first-order chi connectivity index (χ1) is 10.5. The molecule has 0 radical (unpaired) electrons. The fraction of sp³-hybridized carbons (Fsp3) is 0.632. The SMILES string of the molecule is CC(C)c1ccc(NC(=O)CN(C(C)C)C2CCCC2)cc1. The summed E-state index contributed by atoms with van der Waals surface area (Å²) in [6, 6.07) is 9.19. The van der Waals surface area contributed by atoms with Crippen molar-refractivity contribution < 1.29 is 4.79 Å². The van der Waals surface area contributed by atoms with Gasteiger partial charge in [0.15, 0.2) is 0 Å². The van der Waals surface area contributed by atoms with Crippen LogP contribution in [-0.2, 0) is 4.79 Å². The number of carbonyl (C=O) groups is 1. The van der Waals surface area contributed by atoms with Crippen LogP contribution in [0.25, 0.3) is 0 Å². The van der Waals surface area contributed by atoms with Gasteiger partial charge in [0.1, 0.15) is 0 Å². The minimum atomic E-state index is 0.0953. The van der Waals surface area contributed by atoms with Crippen LogP contribution in [0.15, 0.2) is 24.3 Å². The molecule has 0 unspecified atom stereocenters. The quantitative estimate of drug-likeness (QED) is 0.844. The molecule has 0 bridgehead atoms. The second kappa shape index (κ2) is 7.77. The standard InChI is InChI=1S/C19H30N2O/c1-14(2)16-9-11-17(12-10-16)20-19(22)13-21(15(3)4)18-7-5-6-8-18/h9-12,14-15,18H,5-8,13H2,1-4H3,(H,20,22). The Morgan fingerprint density at radius 3 is 2.23 bits per heavy atom. The van der Waals surface area contributed by atoms with Crippen molar-refractivity contribution in [3.63, 3.8) is 0 Å². The van der Waals surface area contributed by atoms with Gasteiger partial charge < -0.3 is 5.32 Å². The number of benzene rings is 1. The van der Waals surface area contributed by atoms with Gasteiger partial charge in [-0.1, -0.05) is 38.8 Å². The van der Waals surface area contributed by atoms with Crippen molar-refractivity contribution >= 4 is 11.6 Å². The summed E-state index contributed by atoms with van der Waals surface area (Å²) in [5, 5.41) is 3.04. The molecule has 122 valence electrons. The van der Waals surface area contributed by atoms with E-state index in [9.17, 15) is 4.79 Å². The third-order valence-electron chi connectivity index (χ3n) is 4.64. The van der Waals surface area contributed by atoms with Crippen molar-refractivity contribution in [3.8, 4) is 0 Å². The zero-order valence-corrected chi connectivity index (χ0v) is 14.4. The van der Waals surface area contributed by atoms with Crippen LogP contribution >= 0.6 is 0 Å². The molecule has 0 aromatic heterocycles. The summed E-state index contributed by atoms with van der Waals surface area (Å²) in [6.45, 7) is 9.21. The van der Waals surface area contributed by atoms with Gasteiger partial charge in [-0.25, -0.2) is 0 Å². The fourth-order valence-corrected chi connectivity index (χ4v) is 3.29.